The van der Waals surface area contributed by atoms with Gasteiger partial charge in [-0.05, 0) is 52.1 Å². The van der Waals surface area contributed by atoms with Crippen LogP contribution in [0.2, 0.25) is 0 Å². The SMILES string of the molecule is CNC(CN1CCCC(C)(OC)C1)C1CCCC1. The fourth-order valence-corrected chi connectivity index (χ4v) is 3.74. The van der Waals surface area contributed by atoms with E-state index in [0.29, 0.717) is 6.04 Å². The lowest BCUT2D eigenvalue weighted by Gasteiger charge is -2.41. The summed E-state index contributed by atoms with van der Waals surface area (Å²) in [5, 5.41) is 3.55. The highest BCUT2D eigenvalue weighted by atomic mass is 16.5. The number of hydrogen-bond donors (Lipinski definition) is 1. The van der Waals surface area contributed by atoms with Crippen molar-refractivity contribution < 1.29 is 4.74 Å². The van der Waals surface area contributed by atoms with Crippen LogP contribution >= 0.6 is 0 Å². The summed E-state index contributed by atoms with van der Waals surface area (Å²) in [5.74, 6) is 0.894. The van der Waals surface area contributed by atoms with Gasteiger partial charge in [0.25, 0.3) is 0 Å². The largest absolute Gasteiger partial charge is 0.377 e. The second-order valence-electron chi connectivity index (χ2n) is 6.43. The number of likely N-dealkylation sites (N-methyl/N-ethyl adjacent to an activating group) is 1. The summed E-state index contributed by atoms with van der Waals surface area (Å²) in [6, 6.07) is 0.673. The predicted octanol–water partition coefficient (Wildman–Crippen LogP) is 2.27. The van der Waals surface area contributed by atoms with E-state index >= 15 is 0 Å². The Morgan fingerprint density at radius 2 is 2.06 bits per heavy atom. The van der Waals surface area contributed by atoms with Crippen LogP contribution < -0.4 is 5.32 Å². The number of nitrogens with one attached hydrogen (secondary N) is 1. The second kappa shape index (κ2) is 6.36. The molecule has 2 unspecified atom stereocenters. The molecule has 0 aromatic heterocycles. The van der Waals surface area contributed by atoms with Gasteiger partial charge in [0.15, 0.2) is 0 Å². The molecule has 2 atom stereocenters. The summed E-state index contributed by atoms with van der Waals surface area (Å²) in [6.45, 7) is 5.78. The third-order valence-corrected chi connectivity index (χ3v) is 5.03. The molecule has 106 valence electrons. The Hall–Kier alpha value is -0.120. The Balaban J connectivity index is 1.86. The number of rotatable bonds is 5. The molecule has 1 saturated heterocycles. The lowest BCUT2D eigenvalue weighted by atomic mass is 9.92. The number of piperidine rings is 1. The van der Waals surface area contributed by atoms with E-state index in [0.717, 1.165) is 12.5 Å². The molecule has 0 aromatic rings. The normalized spacial score (nSPS) is 32.8. The van der Waals surface area contributed by atoms with Crippen molar-refractivity contribution in [3.63, 3.8) is 0 Å². The van der Waals surface area contributed by atoms with E-state index in [9.17, 15) is 0 Å². The molecular formula is C15H30N2O. The maximum Gasteiger partial charge on any atom is 0.0777 e. The number of methoxy groups -OCH3 is 1. The lowest BCUT2D eigenvalue weighted by Crippen LogP contribution is -2.52. The highest BCUT2D eigenvalue weighted by Crippen LogP contribution is 2.29. The monoisotopic (exact) mass is 254 g/mol. The summed E-state index contributed by atoms with van der Waals surface area (Å²) in [7, 11) is 3.98. The molecule has 0 spiro atoms. The molecule has 0 amide bonds. The Morgan fingerprint density at radius 1 is 1.33 bits per heavy atom. The number of ether oxygens (including phenoxy) is 1. The fraction of sp³-hybridized carbons (Fsp3) is 1.00. The van der Waals surface area contributed by atoms with Crippen molar-refractivity contribution >= 4 is 0 Å². The summed E-state index contributed by atoms with van der Waals surface area (Å²) >= 11 is 0. The number of likely N-dealkylation sites (tertiary alicyclic amines) is 1. The first-order chi connectivity index (χ1) is 8.67. The molecule has 2 aliphatic rings. The Labute approximate surface area is 112 Å². The number of hydrogen-bond acceptors (Lipinski definition) is 3. The van der Waals surface area contributed by atoms with Crippen LogP contribution in [-0.2, 0) is 4.74 Å². The molecular weight excluding hydrogens is 224 g/mol. The van der Waals surface area contributed by atoms with E-state index in [2.05, 4.69) is 24.2 Å². The first kappa shape index (κ1) is 14.3. The van der Waals surface area contributed by atoms with Gasteiger partial charge in [-0.15, -0.1) is 0 Å². The van der Waals surface area contributed by atoms with Crippen molar-refractivity contribution in [2.75, 3.05) is 33.8 Å². The molecule has 0 aromatic carbocycles. The molecule has 3 heteroatoms. The first-order valence-electron chi connectivity index (χ1n) is 7.61. The van der Waals surface area contributed by atoms with Crippen molar-refractivity contribution in [3.8, 4) is 0 Å². The zero-order valence-electron chi connectivity index (χ0n) is 12.4. The standard InChI is InChI=1S/C15H30N2O/c1-15(18-3)9-6-10-17(12-15)11-14(16-2)13-7-4-5-8-13/h13-14,16H,4-12H2,1-3H3. The van der Waals surface area contributed by atoms with Gasteiger partial charge in [-0.25, -0.2) is 0 Å². The first-order valence-corrected chi connectivity index (χ1v) is 7.61. The molecule has 1 aliphatic carbocycles. The van der Waals surface area contributed by atoms with Gasteiger partial charge in [-0.2, -0.15) is 0 Å². The zero-order chi connectivity index (χ0) is 13.0. The summed E-state index contributed by atoms with van der Waals surface area (Å²) in [5.41, 5.74) is 0.0756. The van der Waals surface area contributed by atoms with Crippen LogP contribution in [0.1, 0.15) is 45.4 Å². The summed E-state index contributed by atoms with van der Waals surface area (Å²) < 4.78 is 5.69. The molecule has 1 aliphatic heterocycles. The third-order valence-electron chi connectivity index (χ3n) is 5.03. The van der Waals surface area contributed by atoms with Crippen LogP contribution in [0.25, 0.3) is 0 Å². The minimum absolute atomic E-state index is 0.0756. The molecule has 0 radical (unpaired) electrons. The third kappa shape index (κ3) is 3.46. The highest BCUT2D eigenvalue weighted by molar-refractivity contribution is 4.88. The minimum atomic E-state index is 0.0756. The van der Waals surface area contributed by atoms with Gasteiger partial charge in [0.1, 0.15) is 0 Å². The van der Waals surface area contributed by atoms with Crippen LogP contribution in [0.5, 0.6) is 0 Å². The van der Waals surface area contributed by atoms with Crippen LogP contribution in [-0.4, -0.2) is 50.3 Å². The quantitative estimate of drug-likeness (QED) is 0.814. The molecule has 2 fully saturated rings. The van der Waals surface area contributed by atoms with E-state index in [1.165, 1.54) is 51.6 Å². The van der Waals surface area contributed by atoms with E-state index < -0.39 is 0 Å². The van der Waals surface area contributed by atoms with E-state index in [1.807, 2.05) is 7.11 Å². The van der Waals surface area contributed by atoms with Crippen molar-refractivity contribution in [1.82, 2.24) is 10.2 Å². The molecule has 2 rings (SSSR count). The van der Waals surface area contributed by atoms with E-state index in [-0.39, 0.29) is 5.60 Å². The molecule has 3 nitrogen and oxygen atoms in total. The topological polar surface area (TPSA) is 24.5 Å². The van der Waals surface area contributed by atoms with Gasteiger partial charge in [0.2, 0.25) is 0 Å². The van der Waals surface area contributed by atoms with Crippen LogP contribution in [0.4, 0.5) is 0 Å². The number of nitrogens with zero attached hydrogens (tertiary/aromatic N) is 1. The van der Waals surface area contributed by atoms with Crippen molar-refractivity contribution in [2.24, 2.45) is 5.92 Å². The highest BCUT2D eigenvalue weighted by Gasteiger charge is 2.33. The van der Waals surface area contributed by atoms with Crippen molar-refractivity contribution in [1.29, 1.82) is 0 Å². The Bertz CT molecular complexity index is 253. The van der Waals surface area contributed by atoms with Gasteiger partial charge >= 0.3 is 0 Å². The van der Waals surface area contributed by atoms with E-state index in [4.69, 9.17) is 4.74 Å². The average molecular weight is 254 g/mol. The molecule has 1 saturated carbocycles. The van der Waals surface area contributed by atoms with Crippen molar-refractivity contribution in [2.45, 2.75) is 57.1 Å². The van der Waals surface area contributed by atoms with Gasteiger partial charge < -0.3 is 10.1 Å². The average Bonchev–Trinajstić information content (AvgIpc) is 2.90. The Morgan fingerprint density at radius 3 is 2.67 bits per heavy atom. The second-order valence-corrected chi connectivity index (χ2v) is 6.43. The smallest absolute Gasteiger partial charge is 0.0777 e. The lowest BCUT2D eigenvalue weighted by molar-refractivity contribution is -0.0533. The maximum absolute atomic E-state index is 5.69. The summed E-state index contributed by atoms with van der Waals surface area (Å²) in [4.78, 5) is 2.60. The van der Waals surface area contributed by atoms with E-state index in [1.54, 1.807) is 0 Å². The minimum Gasteiger partial charge on any atom is -0.377 e. The molecule has 0 bridgehead atoms. The van der Waals surface area contributed by atoms with Crippen LogP contribution in [0.15, 0.2) is 0 Å². The van der Waals surface area contributed by atoms with Gasteiger partial charge in [-0.3, -0.25) is 4.90 Å². The zero-order valence-corrected chi connectivity index (χ0v) is 12.4. The fourth-order valence-electron chi connectivity index (χ4n) is 3.74. The van der Waals surface area contributed by atoms with Gasteiger partial charge in [0, 0.05) is 26.2 Å². The van der Waals surface area contributed by atoms with Crippen LogP contribution in [0.3, 0.4) is 0 Å². The molecule has 18 heavy (non-hydrogen) atoms. The predicted molar refractivity (Wildman–Crippen MR) is 75.9 cm³/mol. The molecule has 1 N–H and O–H groups in total. The van der Waals surface area contributed by atoms with Crippen molar-refractivity contribution in [3.05, 3.63) is 0 Å². The van der Waals surface area contributed by atoms with Gasteiger partial charge in [0.05, 0.1) is 5.60 Å². The molecule has 1 heterocycles. The van der Waals surface area contributed by atoms with Crippen LogP contribution in [0, 0.1) is 5.92 Å². The van der Waals surface area contributed by atoms with Gasteiger partial charge in [-0.1, -0.05) is 12.8 Å². The summed E-state index contributed by atoms with van der Waals surface area (Å²) in [6.07, 6.45) is 8.16. The maximum atomic E-state index is 5.69. The Kier molecular flexibility index (Phi) is 5.05.